The quantitative estimate of drug-likeness (QED) is 0.803. The molecular weight excluding hydrogens is 228 g/mol. The van der Waals surface area contributed by atoms with Crippen molar-refractivity contribution in [2.24, 2.45) is 5.92 Å². The van der Waals surface area contributed by atoms with Gasteiger partial charge in [0, 0.05) is 6.54 Å². The lowest BCUT2D eigenvalue weighted by molar-refractivity contribution is -0.130. The molecule has 5 nitrogen and oxygen atoms in total. The maximum absolute atomic E-state index is 12.0. The number of nitrogens with zero attached hydrogens (tertiary/aromatic N) is 1. The lowest BCUT2D eigenvalue weighted by Gasteiger charge is -2.21. The van der Waals surface area contributed by atoms with E-state index in [1.54, 1.807) is 13.8 Å². The standard InChI is InChI=1S/C10H20N2O3S/c1-5-12-9(13)10(4,7-6-8(2)3)11-16(12,14)15/h8,11H,5-7H2,1-4H3. The molecule has 1 aliphatic heterocycles. The van der Waals surface area contributed by atoms with Gasteiger partial charge < -0.3 is 0 Å². The molecule has 1 amide bonds. The molecular formula is C10H20N2O3S. The highest BCUT2D eigenvalue weighted by Crippen LogP contribution is 2.27. The summed E-state index contributed by atoms with van der Waals surface area (Å²) in [5.41, 5.74) is -0.959. The molecule has 0 aliphatic carbocycles. The van der Waals surface area contributed by atoms with E-state index in [2.05, 4.69) is 18.6 Å². The second-order valence-corrected chi connectivity index (χ2v) is 6.44. The fourth-order valence-electron chi connectivity index (χ4n) is 1.82. The summed E-state index contributed by atoms with van der Waals surface area (Å²) in [4.78, 5) is 12.0. The smallest absolute Gasteiger partial charge is 0.272 e. The largest absolute Gasteiger partial charge is 0.304 e. The number of likely N-dealkylation sites (N-methyl/N-ethyl adjacent to an activating group) is 1. The van der Waals surface area contributed by atoms with Gasteiger partial charge in [-0.2, -0.15) is 13.1 Å². The molecule has 1 atom stereocenters. The Labute approximate surface area is 97.4 Å². The van der Waals surface area contributed by atoms with E-state index in [-0.39, 0.29) is 12.5 Å². The van der Waals surface area contributed by atoms with E-state index < -0.39 is 15.7 Å². The molecule has 1 unspecified atom stereocenters. The summed E-state index contributed by atoms with van der Waals surface area (Å²) in [5.74, 6) is 0.112. The van der Waals surface area contributed by atoms with Crippen LogP contribution in [0.4, 0.5) is 0 Å². The van der Waals surface area contributed by atoms with E-state index in [0.29, 0.717) is 12.3 Å². The third-order valence-electron chi connectivity index (χ3n) is 2.85. The Morgan fingerprint density at radius 1 is 1.44 bits per heavy atom. The fraction of sp³-hybridized carbons (Fsp3) is 0.900. The molecule has 1 fully saturated rings. The van der Waals surface area contributed by atoms with Gasteiger partial charge in [0.2, 0.25) is 0 Å². The number of nitrogens with one attached hydrogen (secondary N) is 1. The zero-order valence-corrected chi connectivity index (χ0v) is 11.1. The van der Waals surface area contributed by atoms with E-state index >= 15 is 0 Å². The predicted octanol–water partition coefficient (Wildman–Crippen LogP) is 0.878. The van der Waals surface area contributed by atoms with Gasteiger partial charge in [-0.1, -0.05) is 13.8 Å². The Morgan fingerprint density at radius 2 is 2.00 bits per heavy atom. The maximum atomic E-state index is 12.0. The SMILES string of the molecule is CCN1C(=O)C(C)(CCC(C)C)NS1(=O)=O. The average molecular weight is 248 g/mol. The number of hydrogen-bond donors (Lipinski definition) is 1. The van der Waals surface area contributed by atoms with E-state index in [0.717, 1.165) is 10.7 Å². The predicted molar refractivity (Wildman–Crippen MR) is 61.9 cm³/mol. The van der Waals surface area contributed by atoms with Crippen LogP contribution < -0.4 is 4.72 Å². The number of amides is 1. The highest BCUT2D eigenvalue weighted by Gasteiger charge is 2.50. The second-order valence-electron chi connectivity index (χ2n) is 4.84. The normalized spacial score (nSPS) is 29.1. The van der Waals surface area contributed by atoms with Crippen LogP contribution in [0.2, 0.25) is 0 Å². The Kier molecular flexibility index (Phi) is 3.64. The summed E-state index contributed by atoms with van der Waals surface area (Å²) in [7, 11) is -3.61. The van der Waals surface area contributed by atoms with Gasteiger partial charge >= 0.3 is 10.2 Å². The van der Waals surface area contributed by atoms with E-state index in [1.807, 2.05) is 0 Å². The lowest BCUT2D eigenvalue weighted by atomic mass is 9.92. The molecule has 0 spiro atoms. The maximum Gasteiger partial charge on any atom is 0.304 e. The molecule has 1 aliphatic rings. The molecule has 1 saturated heterocycles. The van der Waals surface area contributed by atoms with Crippen molar-refractivity contribution >= 4 is 16.1 Å². The Morgan fingerprint density at radius 3 is 2.38 bits per heavy atom. The highest BCUT2D eigenvalue weighted by molar-refractivity contribution is 7.88. The van der Waals surface area contributed by atoms with Crippen molar-refractivity contribution in [3.8, 4) is 0 Å². The average Bonchev–Trinajstić information content (AvgIpc) is 2.31. The van der Waals surface area contributed by atoms with Crippen LogP contribution in [0, 0.1) is 5.92 Å². The van der Waals surface area contributed by atoms with Crippen molar-refractivity contribution in [1.29, 1.82) is 0 Å². The van der Waals surface area contributed by atoms with Crippen LogP contribution in [0.1, 0.15) is 40.5 Å². The van der Waals surface area contributed by atoms with Crippen LogP contribution in [0.3, 0.4) is 0 Å². The summed E-state index contributed by atoms with van der Waals surface area (Å²) >= 11 is 0. The zero-order valence-electron chi connectivity index (χ0n) is 10.3. The molecule has 0 aromatic carbocycles. The minimum atomic E-state index is -3.61. The minimum Gasteiger partial charge on any atom is -0.272 e. The summed E-state index contributed by atoms with van der Waals surface area (Å²) in [6.45, 7) is 7.60. The molecule has 1 rings (SSSR count). The Balaban J connectivity index is 2.88. The van der Waals surface area contributed by atoms with Crippen LogP contribution in [0.5, 0.6) is 0 Å². The molecule has 1 heterocycles. The fourth-order valence-corrected chi connectivity index (χ4v) is 3.45. The van der Waals surface area contributed by atoms with Gasteiger partial charge in [0.05, 0.1) is 0 Å². The van der Waals surface area contributed by atoms with Gasteiger partial charge in [-0.05, 0) is 32.6 Å². The first-order valence-electron chi connectivity index (χ1n) is 5.59. The van der Waals surface area contributed by atoms with Gasteiger partial charge in [0.25, 0.3) is 5.91 Å². The number of hydrogen-bond acceptors (Lipinski definition) is 3. The van der Waals surface area contributed by atoms with Crippen LogP contribution >= 0.6 is 0 Å². The molecule has 0 radical (unpaired) electrons. The number of rotatable bonds is 4. The number of carbonyl (C=O) groups excluding carboxylic acids is 1. The van der Waals surface area contributed by atoms with Crippen LogP contribution in [-0.2, 0) is 15.0 Å². The van der Waals surface area contributed by atoms with Crippen LogP contribution in [0.15, 0.2) is 0 Å². The van der Waals surface area contributed by atoms with Crippen molar-refractivity contribution in [3.05, 3.63) is 0 Å². The summed E-state index contributed by atoms with van der Waals surface area (Å²) in [5, 5.41) is 0. The van der Waals surface area contributed by atoms with Crippen LogP contribution in [0.25, 0.3) is 0 Å². The number of carbonyl (C=O) groups is 1. The van der Waals surface area contributed by atoms with E-state index in [1.165, 1.54) is 0 Å². The van der Waals surface area contributed by atoms with Crippen molar-refractivity contribution < 1.29 is 13.2 Å². The van der Waals surface area contributed by atoms with Crippen molar-refractivity contribution in [3.63, 3.8) is 0 Å². The summed E-state index contributed by atoms with van der Waals surface area (Å²) < 4.78 is 26.7. The third kappa shape index (κ3) is 2.38. The molecule has 16 heavy (non-hydrogen) atoms. The third-order valence-corrected chi connectivity index (χ3v) is 4.56. The van der Waals surface area contributed by atoms with Crippen LogP contribution in [-0.4, -0.2) is 30.7 Å². The molecule has 0 aromatic rings. The molecule has 6 heteroatoms. The summed E-state index contributed by atoms with van der Waals surface area (Å²) in [6.07, 6.45) is 1.36. The van der Waals surface area contributed by atoms with Gasteiger partial charge in [-0.25, -0.2) is 4.31 Å². The molecule has 0 saturated carbocycles. The van der Waals surface area contributed by atoms with Gasteiger partial charge in [-0.3, -0.25) is 4.79 Å². The minimum absolute atomic E-state index is 0.186. The zero-order chi connectivity index (χ0) is 12.6. The van der Waals surface area contributed by atoms with Crippen molar-refractivity contribution in [2.45, 2.75) is 46.1 Å². The van der Waals surface area contributed by atoms with Crippen molar-refractivity contribution in [2.75, 3.05) is 6.54 Å². The van der Waals surface area contributed by atoms with Crippen molar-refractivity contribution in [1.82, 2.24) is 9.03 Å². The van der Waals surface area contributed by atoms with Gasteiger partial charge in [0.1, 0.15) is 5.54 Å². The topological polar surface area (TPSA) is 66.5 Å². The first-order valence-corrected chi connectivity index (χ1v) is 7.03. The first-order chi connectivity index (χ1) is 7.23. The lowest BCUT2D eigenvalue weighted by Crippen LogP contribution is -2.44. The van der Waals surface area contributed by atoms with E-state index in [9.17, 15) is 13.2 Å². The second kappa shape index (κ2) is 4.33. The Bertz CT molecular complexity index is 378. The van der Waals surface area contributed by atoms with Gasteiger partial charge in [0.15, 0.2) is 0 Å². The molecule has 0 aromatic heterocycles. The monoisotopic (exact) mass is 248 g/mol. The molecule has 0 bridgehead atoms. The Hall–Kier alpha value is -0.620. The first kappa shape index (κ1) is 13.4. The molecule has 1 N–H and O–H groups in total. The van der Waals surface area contributed by atoms with Gasteiger partial charge in [-0.15, -0.1) is 0 Å². The molecule has 94 valence electrons. The highest BCUT2D eigenvalue weighted by atomic mass is 32.2. The summed E-state index contributed by atoms with van der Waals surface area (Å²) in [6, 6.07) is 0. The van der Waals surface area contributed by atoms with E-state index in [4.69, 9.17) is 0 Å².